The summed E-state index contributed by atoms with van der Waals surface area (Å²) in [5.41, 5.74) is 17.7. The highest BCUT2D eigenvalue weighted by molar-refractivity contribution is 7.99. The van der Waals surface area contributed by atoms with Crippen molar-refractivity contribution in [3.63, 3.8) is 0 Å². The highest BCUT2D eigenvalue weighted by Crippen LogP contribution is 2.61. The van der Waals surface area contributed by atoms with Gasteiger partial charge in [0, 0.05) is 54.1 Å². The summed E-state index contributed by atoms with van der Waals surface area (Å²) >= 11 is 1.89. The Morgan fingerprint density at radius 1 is 0.338 bits per heavy atom. The molecular formula is C61H39N3S. The van der Waals surface area contributed by atoms with Gasteiger partial charge in [0.15, 0.2) is 0 Å². The van der Waals surface area contributed by atoms with Crippen LogP contribution in [-0.2, 0) is 5.41 Å². The first kappa shape index (κ1) is 36.4. The van der Waals surface area contributed by atoms with Crippen molar-refractivity contribution in [1.29, 1.82) is 0 Å². The van der Waals surface area contributed by atoms with Gasteiger partial charge >= 0.3 is 0 Å². The van der Waals surface area contributed by atoms with Crippen LogP contribution in [0.1, 0.15) is 22.3 Å². The summed E-state index contributed by atoms with van der Waals surface area (Å²) in [7, 11) is 0. The molecule has 0 saturated carbocycles. The van der Waals surface area contributed by atoms with E-state index in [1.807, 2.05) is 11.8 Å². The lowest BCUT2D eigenvalue weighted by Crippen LogP contribution is -2.37. The Labute approximate surface area is 381 Å². The third-order valence-electron chi connectivity index (χ3n) is 13.9. The molecule has 12 aromatic rings. The van der Waals surface area contributed by atoms with E-state index in [1.54, 1.807) is 0 Å². The Morgan fingerprint density at radius 2 is 0.892 bits per heavy atom. The number of fused-ring (bicyclic) bond motifs is 14. The number of benzene rings is 10. The van der Waals surface area contributed by atoms with Crippen molar-refractivity contribution in [2.24, 2.45) is 0 Å². The van der Waals surface area contributed by atoms with E-state index >= 15 is 0 Å². The molecule has 1 unspecified atom stereocenters. The Hall–Kier alpha value is -8.05. The second kappa shape index (κ2) is 14.0. The molecule has 2 aliphatic heterocycles. The zero-order chi connectivity index (χ0) is 42.6. The number of rotatable bonds is 5. The van der Waals surface area contributed by atoms with E-state index in [0.717, 1.165) is 22.7 Å². The topological polar surface area (TPSA) is 13.1 Å². The van der Waals surface area contributed by atoms with E-state index in [1.165, 1.54) is 92.5 Å². The molecular weight excluding hydrogens is 807 g/mol. The maximum absolute atomic E-state index is 2.52. The average Bonchev–Trinajstić information content (AvgIpc) is 3.89. The Balaban J connectivity index is 1.02. The maximum Gasteiger partial charge on any atom is 0.0764 e. The van der Waals surface area contributed by atoms with Crippen LogP contribution < -0.4 is 4.90 Å². The van der Waals surface area contributed by atoms with E-state index in [2.05, 4.69) is 251 Å². The van der Waals surface area contributed by atoms with E-state index in [9.17, 15) is 0 Å². The average molecular weight is 846 g/mol. The Kier molecular flexibility index (Phi) is 7.83. The van der Waals surface area contributed by atoms with Gasteiger partial charge in [0.05, 0.1) is 33.2 Å². The van der Waals surface area contributed by atoms with Gasteiger partial charge in [-0.2, -0.15) is 0 Å². The molecule has 0 fully saturated rings. The smallest absolute Gasteiger partial charge is 0.0764 e. The predicted molar refractivity (Wildman–Crippen MR) is 271 cm³/mol. The van der Waals surface area contributed by atoms with Gasteiger partial charge < -0.3 is 14.0 Å². The molecule has 0 saturated heterocycles. The maximum atomic E-state index is 2.52. The quantitative estimate of drug-likeness (QED) is 0.171. The van der Waals surface area contributed by atoms with Crippen LogP contribution in [0.2, 0.25) is 0 Å². The van der Waals surface area contributed by atoms with Crippen LogP contribution in [0, 0.1) is 0 Å². The van der Waals surface area contributed by atoms with E-state index in [4.69, 9.17) is 0 Å². The lowest BCUT2D eigenvalue weighted by Gasteiger charge is -2.45. The summed E-state index contributed by atoms with van der Waals surface area (Å²) in [5, 5.41) is 5.02. The third kappa shape index (κ3) is 5.14. The molecule has 0 N–H and O–H groups in total. The lowest BCUT2D eigenvalue weighted by atomic mass is 9.63. The van der Waals surface area contributed by atoms with Gasteiger partial charge in [-0.1, -0.05) is 169 Å². The second-order valence-electron chi connectivity index (χ2n) is 17.2. The van der Waals surface area contributed by atoms with Crippen LogP contribution in [0.5, 0.6) is 0 Å². The largest absolute Gasteiger partial charge is 0.310 e. The van der Waals surface area contributed by atoms with Crippen LogP contribution in [0.25, 0.3) is 66.1 Å². The fraction of sp³-hybridized carbons (Fsp3) is 0.0164. The van der Waals surface area contributed by atoms with Crippen LogP contribution in [-0.4, -0.2) is 9.13 Å². The zero-order valence-electron chi connectivity index (χ0n) is 35.3. The molecule has 14 rings (SSSR count). The Morgan fingerprint density at radius 3 is 1.71 bits per heavy atom. The van der Waals surface area contributed by atoms with Gasteiger partial charge in [-0.05, 0) is 112 Å². The van der Waals surface area contributed by atoms with Crippen LogP contribution >= 0.6 is 11.8 Å². The minimum Gasteiger partial charge on any atom is -0.310 e. The third-order valence-corrected chi connectivity index (χ3v) is 15.1. The zero-order valence-corrected chi connectivity index (χ0v) is 36.1. The summed E-state index contributed by atoms with van der Waals surface area (Å²) in [6.45, 7) is 0. The number of anilines is 3. The molecule has 1 atom stereocenters. The second-order valence-corrected chi connectivity index (χ2v) is 18.3. The molecule has 2 aliphatic rings. The van der Waals surface area contributed by atoms with Crippen LogP contribution in [0.4, 0.5) is 17.1 Å². The summed E-state index contributed by atoms with van der Waals surface area (Å²) < 4.78 is 4.91. The molecule has 304 valence electrons. The van der Waals surface area contributed by atoms with Gasteiger partial charge in [-0.15, -0.1) is 0 Å². The van der Waals surface area contributed by atoms with E-state index in [-0.39, 0.29) is 0 Å². The van der Waals surface area contributed by atoms with Crippen molar-refractivity contribution in [1.82, 2.24) is 9.13 Å². The Bertz CT molecular complexity index is 3860. The molecule has 1 spiro atoms. The molecule has 0 bridgehead atoms. The van der Waals surface area contributed by atoms with Crippen molar-refractivity contribution >= 4 is 72.4 Å². The fourth-order valence-corrected chi connectivity index (χ4v) is 12.5. The summed E-state index contributed by atoms with van der Waals surface area (Å²) in [5.74, 6) is 0. The minimum atomic E-state index is -0.545. The van der Waals surface area contributed by atoms with Gasteiger partial charge in [0.2, 0.25) is 0 Å². The van der Waals surface area contributed by atoms with Crippen LogP contribution in [0.15, 0.2) is 246 Å². The monoisotopic (exact) mass is 845 g/mol. The summed E-state index contributed by atoms with van der Waals surface area (Å²) in [6.07, 6.45) is 0. The summed E-state index contributed by atoms with van der Waals surface area (Å²) in [4.78, 5) is 4.98. The number of nitrogens with zero attached hydrogens (tertiary/aromatic N) is 3. The lowest BCUT2D eigenvalue weighted by molar-refractivity contribution is 0.689. The van der Waals surface area contributed by atoms with Gasteiger partial charge in [-0.25, -0.2) is 0 Å². The first-order chi connectivity index (χ1) is 32.3. The normalized spacial score (nSPS) is 14.8. The van der Waals surface area contributed by atoms with E-state index in [0.29, 0.717) is 0 Å². The molecule has 2 aromatic heterocycles. The van der Waals surface area contributed by atoms with Crippen molar-refractivity contribution in [2.75, 3.05) is 4.90 Å². The molecule has 0 aliphatic carbocycles. The molecule has 65 heavy (non-hydrogen) atoms. The number of hydrogen-bond acceptors (Lipinski definition) is 2. The van der Waals surface area contributed by atoms with Gasteiger partial charge in [0.1, 0.15) is 0 Å². The first-order valence-electron chi connectivity index (χ1n) is 22.3. The van der Waals surface area contributed by atoms with Gasteiger partial charge in [0.25, 0.3) is 0 Å². The molecule has 0 amide bonds. The molecule has 4 heteroatoms. The highest BCUT2D eigenvalue weighted by Gasteiger charge is 2.49. The van der Waals surface area contributed by atoms with Crippen LogP contribution in [0.3, 0.4) is 0 Å². The van der Waals surface area contributed by atoms with Crippen molar-refractivity contribution in [2.45, 2.75) is 15.2 Å². The number of hydrogen-bond donors (Lipinski definition) is 0. The SMILES string of the molecule is c1ccc(-c2ccc(N(c3ccc4c(c3)Sc3ccccc3C43c4ccccc4-n4c5ccccc5c5cccc3c54)c3ccc4c(c3)c3ccccc3n4-c3ccccc3)cc2)cc1. The van der Waals surface area contributed by atoms with Crippen molar-refractivity contribution in [3.05, 3.63) is 259 Å². The minimum absolute atomic E-state index is 0.545. The van der Waals surface area contributed by atoms with Crippen molar-refractivity contribution in [3.8, 4) is 22.5 Å². The van der Waals surface area contributed by atoms with Crippen molar-refractivity contribution < 1.29 is 0 Å². The molecule has 10 aromatic carbocycles. The molecule has 3 nitrogen and oxygen atoms in total. The molecule has 0 radical (unpaired) electrons. The first-order valence-corrected chi connectivity index (χ1v) is 23.2. The number of aromatic nitrogens is 2. The number of para-hydroxylation sites is 5. The highest BCUT2D eigenvalue weighted by atomic mass is 32.2. The fourth-order valence-electron chi connectivity index (χ4n) is 11.3. The molecule has 4 heterocycles. The van der Waals surface area contributed by atoms with E-state index < -0.39 is 5.41 Å². The summed E-state index contributed by atoms with van der Waals surface area (Å²) in [6, 6.07) is 87.6. The van der Waals surface area contributed by atoms with Gasteiger partial charge in [-0.3, -0.25) is 0 Å². The standard InChI is InChI=1S/C61H39N3S/c1-3-16-40(17-4-1)41-30-32-43(33-31-41)62(44-35-37-56-49(38-44)47-21-8-11-26-54(47)63(56)42-18-5-2-6-19-42)45-34-36-52-59(39-45)65-58-29-14-10-24-51(58)61(52)50-23-9-13-28-57(50)64-55-27-12-7-20-46(55)48-22-15-25-53(61)60(48)64/h1-39H. The predicted octanol–water partition coefficient (Wildman–Crippen LogP) is 16.2.